The Morgan fingerprint density at radius 1 is 0.512 bits per heavy atom. The summed E-state index contributed by atoms with van der Waals surface area (Å²) in [6.07, 6.45) is 10.6. The summed E-state index contributed by atoms with van der Waals surface area (Å²) in [7, 11) is 0. The molecule has 226 valence electrons. The molecule has 0 bridgehead atoms. The fourth-order valence-corrected chi connectivity index (χ4v) is 7.86. The summed E-state index contributed by atoms with van der Waals surface area (Å²) in [6, 6.07) is 27.1. The van der Waals surface area contributed by atoms with E-state index in [4.69, 9.17) is 0 Å². The number of anilines is 2. The van der Waals surface area contributed by atoms with Gasteiger partial charge in [0.25, 0.3) is 0 Å². The summed E-state index contributed by atoms with van der Waals surface area (Å²) in [5.41, 5.74) is 5.17. The predicted octanol–water partition coefficient (Wildman–Crippen LogP) is 11.6. The van der Waals surface area contributed by atoms with Crippen LogP contribution < -0.4 is 10.6 Å². The molecule has 0 saturated heterocycles. The van der Waals surface area contributed by atoms with Crippen molar-refractivity contribution in [3.63, 3.8) is 0 Å². The summed E-state index contributed by atoms with van der Waals surface area (Å²) >= 11 is 0. The Balaban J connectivity index is 1.24. The molecule has 4 aromatic rings. The molecular formula is C41H53N2+. The number of fused-ring (bicyclic) bond motifs is 2. The van der Waals surface area contributed by atoms with Crippen LogP contribution in [-0.2, 0) is 0 Å². The van der Waals surface area contributed by atoms with Gasteiger partial charge >= 0.3 is 0 Å². The van der Waals surface area contributed by atoms with E-state index in [1.165, 1.54) is 73.5 Å². The van der Waals surface area contributed by atoms with E-state index < -0.39 is 0 Å². The zero-order valence-corrected chi connectivity index (χ0v) is 27.4. The fourth-order valence-electron chi connectivity index (χ4n) is 7.86. The van der Waals surface area contributed by atoms with E-state index in [0.29, 0.717) is 29.3 Å². The molecule has 2 fully saturated rings. The number of benzene rings is 4. The van der Waals surface area contributed by atoms with Gasteiger partial charge in [0.05, 0.1) is 33.3 Å². The molecule has 2 aliphatic rings. The summed E-state index contributed by atoms with van der Waals surface area (Å²) in [4.78, 5) is 0. The van der Waals surface area contributed by atoms with Crippen molar-refractivity contribution in [2.75, 3.05) is 10.6 Å². The average Bonchev–Trinajstić information content (AvgIpc) is 3.01. The van der Waals surface area contributed by atoms with Crippen LogP contribution in [-0.4, -0.2) is 12.1 Å². The molecule has 0 amide bonds. The lowest BCUT2D eigenvalue weighted by Crippen LogP contribution is -2.31. The minimum Gasteiger partial charge on any atom is -0.381 e. The van der Waals surface area contributed by atoms with Gasteiger partial charge < -0.3 is 10.6 Å². The zero-order valence-electron chi connectivity index (χ0n) is 28.4. The van der Waals surface area contributed by atoms with Crippen molar-refractivity contribution in [3.8, 4) is 0 Å². The molecule has 4 aromatic carbocycles. The summed E-state index contributed by atoms with van der Waals surface area (Å²) in [6.45, 7) is 14.3. The normalized spacial score (nSPS) is 23.6. The molecule has 2 aliphatic carbocycles. The van der Waals surface area contributed by atoms with Crippen LogP contribution in [0, 0.1) is 29.1 Å². The van der Waals surface area contributed by atoms with E-state index in [2.05, 4.69) is 125 Å². The van der Waals surface area contributed by atoms with Gasteiger partial charge in [-0.2, -0.15) is 0 Å². The quantitative estimate of drug-likeness (QED) is 0.224. The molecule has 43 heavy (non-hydrogen) atoms. The van der Waals surface area contributed by atoms with Gasteiger partial charge in [-0.05, 0) is 110 Å². The second-order valence-corrected chi connectivity index (χ2v) is 15.7. The molecule has 2 heteroatoms. The fraction of sp³-hybridized carbons (Fsp3) is 0.488. The molecule has 0 spiro atoms. The topological polar surface area (TPSA) is 24.1 Å². The average molecular weight is 575 g/mol. The third kappa shape index (κ3) is 6.69. The lowest BCUT2D eigenvalue weighted by atomic mass is 9.71. The Kier molecular flexibility index (Phi) is 8.06. The van der Waals surface area contributed by atoms with Crippen molar-refractivity contribution in [1.29, 1.82) is 0 Å². The van der Waals surface area contributed by atoms with Crippen LogP contribution in [0.5, 0.6) is 0 Å². The number of hydrogen-bond donors (Lipinski definition) is 2. The molecule has 0 heterocycles. The van der Waals surface area contributed by atoms with Gasteiger partial charge in [0.2, 0.25) is 0 Å². The van der Waals surface area contributed by atoms with Gasteiger partial charge in [-0.15, -0.1) is 0 Å². The zero-order chi connectivity index (χ0) is 31.1. The first-order valence-corrected chi connectivity index (χ1v) is 16.9. The van der Waals surface area contributed by atoms with Crippen LogP contribution in [0.3, 0.4) is 0 Å². The summed E-state index contributed by atoms with van der Waals surface area (Å²) in [5.74, 6) is 1.61. The summed E-state index contributed by atoms with van der Waals surface area (Å²) < 4.78 is 9.50. The van der Waals surface area contributed by atoms with Crippen molar-refractivity contribution in [2.24, 2.45) is 22.7 Å². The monoisotopic (exact) mass is 574 g/mol. The Hall–Kier alpha value is -3.13. The third-order valence-corrected chi connectivity index (χ3v) is 10.7. The Labute approximate surface area is 262 Å². The van der Waals surface area contributed by atoms with Gasteiger partial charge in [0.15, 0.2) is 0 Å². The van der Waals surface area contributed by atoms with Gasteiger partial charge in [0, 0.05) is 41.4 Å². The Bertz CT molecular complexity index is 1460. The minimum atomic E-state index is 0.393. The molecule has 2 nitrogen and oxygen atoms in total. The Morgan fingerprint density at radius 3 is 1.21 bits per heavy atom. The third-order valence-electron chi connectivity index (χ3n) is 10.7. The van der Waals surface area contributed by atoms with E-state index in [-0.39, 0.29) is 0 Å². The molecule has 0 radical (unpaired) electrons. The molecular weight excluding hydrogens is 520 g/mol. The van der Waals surface area contributed by atoms with Gasteiger partial charge in [-0.1, -0.05) is 65.8 Å². The van der Waals surface area contributed by atoms with Crippen LogP contribution in [0.15, 0.2) is 72.8 Å². The van der Waals surface area contributed by atoms with Crippen LogP contribution in [0.2, 0.25) is 0 Å². The van der Waals surface area contributed by atoms with Gasteiger partial charge in [-0.25, -0.2) is 0 Å². The van der Waals surface area contributed by atoms with Crippen molar-refractivity contribution < 1.29 is 1.37 Å². The van der Waals surface area contributed by atoms with Crippen LogP contribution in [0.25, 0.3) is 21.5 Å². The second kappa shape index (κ2) is 12.1. The molecule has 0 aromatic heterocycles. The van der Waals surface area contributed by atoms with Crippen molar-refractivity contribution in [3.05, 3.63) is 90.3 Å². The smallest absolute Gasteiger partial charge is 0.119 e. The minimum absolute atomic E-state index is 0.393. The highest BCUT2D eigenvalue weighted by atomic mass is 14.9. The molecule has 0 unspecified atom stereocenters. The maximum absolute atomic E-state index is 9.50. The lowest BCUT2D eigenvalue weighted by molar-refractivity contribution is 0.173. The largest absolute Gasteiger partial charge is 0.381 e. The van der Waals surface area contributed by atoms with Crippen molar-refractivity contribution >= 4 is 32.9 Å². The van der Waals surface area contributed by atoms with Gasteiger partial charge in [-0.3, -0.25) is 0 Å². The lowest BCUT2D eigenvalue weighted by Gasteiger charge is -2.37. The highest BCUT2D eigenvalue weighted by Crippen LogP contribution is 2.41. The molecule has 0 aliphatic heterocycles. The maximum Gasteiger partial charge on any atom is 0.119 e. The standard InChI is InChI=1S/C41H53N2/c1-40(2,3)30-17-21-32(22-18-30)42-38-25-15-28(34-11-7-9-13-36(34)38)27-29-16-26-39(37-14-10-8-12-35(29)37)43-33-23-19-31(20-24-33)41(4,5)6/h7-16,25-27,30-33,42-43H,17-24H2,1-6H3/q+1/i27D. The second-order valence-electron chi connectivity index (χ2n) is 15.7. The SMILES string of the molecule is [2H][C+](c1ccc(NC2CCC(C(C)(C)C)CC2)c2ccccc12)c1ccc(NC2CCC(C(C)(C)C)CC2)c2ccccc12. The molecule has 2 saturated carbocycles. The van der Waals surface area contributed by atoms with E-state index in [0.717, 1.165) is 33.7 Å². The molecule has 6 rings (SSSR count). The van der Waals surface area contributed by atoms with E-state index in [9.17, 15) is 1.37 Å². The first-order valence-electron chi connectivity index (χ1n) is 17.4. The van der Waals surface area contributed by atoms with Crippen molar-refractivity contribution in [1.82, 2.24) is 0 Å². The van der Waals surface area contributed by atoms with Crippen LogP contribution in [0.1, 0.15) is 105 Å². The number of hydrogen-bond acceptors (Lipinski definition) is 2. The molecule has 0 atom stereocenters. The van der Waals surface area contributed by atoms with Crippen molar-refractivity contribution in [2.45, 2.75) is 105 Å². The van der Waals surface area contributed by atoms with E-state index in [1.54, 1.807) is 0 Å². The first-order chi connectivity index (χ1) is 21.0. The molecule has 2 N–H and O–H groups in total. The highest BCUT2D eigenvalue weighted by molar-refractivity contribution is 6.00. The first kappa shape index (κ1) is 28.6. The Morgan fingerprint density at radius 2 is 0.860 bits per heavy atom. The van der Waals surface area contributed by atoms with E-state index >= 15 is 0 Å². The van der Waals surface area contributed by atoms with Crippen LogP contribution in [0.4, 0.5) is 11.4 Å². The van der Waals surface area contributed by atoms with Gasteiger partial charge in [0.1, 0.15) is 1.37 Å². The van der Waals surface area contributed by atoms with Crippen LogP contribution >= 0.6 is 0 Å². The maximum atomic E-state index is 9.50. The number of nitrogens with one attached hydrogen (secondary N) is 2. The van der Waals surface area contributed by atoms with E-state index in [1.807, 2.05) is 0 Å². The predicted molar refractivity (Wildman–Crippen MR) is 188 cm³/mol. The number of rotatable bonds is 6. The summed E-state index contributed by atoms with van der Waals surface area (Å²) in [5, 5.41) is 12.5. The highest BCUT2D eigenvalue weighted by Gasteiger charge is 2.31.